The maximum Gasteiger partial charge on any atom is 0.0714 e. The lowest BCUT2D eigenvalue weighted by Crippen LogP contribution is -2.28. The van der Waals surface area contributed by atoms with E-state index in [1.807, 2.05) is 0 Å². The van der Waals surface area contributed by atoms with Crippen LogP contribution in [0.5, 0.6) is 0 Å². The van der Waals surface area contributed by atoms with Crippen molar-refractivity contribution in [3.05, 3.63) is 249 Å². The van der Waals surface area contributed by atoms with Gasteiger partial charge in [-0.1, -0.05) is 209 Å². The highest BCUT2D eigenvalue weighted by atomic mass is 14.5. The predicted molar refractivity (Wildman–Crippen MR) is 274 cm³/mol. The Labute approximate surface area is 385 Å². The number of benzene rings is 9. The van der Waals surface area contributed by atoms with E-state index in [0.29, 0.717) is 0 Å². The summed E-state index contributed by atoms with van der Waals surface area (Å²) in [5, 5.41) is 0. The third-order valence-electron chi connectivity index (χ3n) is 15.7. The highest BCUT2D eigenvalue weighted by Gasteiger charge is 2.48. The Morgan fingerprint density at radius 1 is 0.277 bits per heavy atom. The van der Waals surface area contributed by atoms with Crippen LogP contribution in [-0.4, -0.2) is 0 Å². The molecular formula is C65H54. The summed E-state index contributed by atoms with van der Waals surface area (Å²) < 4.78 is 0. The summed E-state index contributed by atoms with van der Waals surface area (Å²) in [7, 11) is 0. The van der Waals surface area contributed by atoms with E-state index < -0.39 is 5.41 Å². The molecule has 9 aromatic rings. The highest BCUT2D eigenvalue weighted by molar-refractivity contribution is 5.99. The second-order valence-corrected chi connectivity index (χ2v) is 20.3. The number of aryl methyl sites for hydroxylation is 4. The van der Waals surface area contributed by atoms with E-state index in [0.717, 1.165) is 0 Å². The summed E-state index contributed by atoms with van der Waals surface area (Å²) in [4.78, 5) is 0. The molecule has 0 heteroatoms. The van der Waals surface area contributed by atoms with Crippen molar-refractivity contribution in [2.45, 2.75) is 71.6 Å². The van der Waals surface area contributed by atoms with Gasteiger partial charge in [-0.3, -0.25) is 0 Å². The number of rotatable bonds is 5. The average molecular weight is 835 g/mol. The van der Waals surface area contributed by atoms with Gasteiger partial charge in [0.2, 0.25) is 0 Å². The monoisotopic (exact) mass is 834 g/mol. The molecule has 0 heterocycles. The van der Waals surface area contributed by atoms with Crippen LogP contribution in [0.1, 0.15) is 94.5 Å². The zero-order chi connectivity index (χ0) is 44.6. The first-order valence-corrected chi connectivity index (χ1v) is 23.4. The van der Waals surface area contributed by atoms with Crippen LogP contribution in [0.15, 0.2) is 182 Å². The van der Waals surface area contributed by atoms with Gasteiger partial charge < -0.3 is 0 Å². The van der Waals surface area contributed by atoms with Crippen molar-refractivity contribution < 1.29 is 0 Å². The van der Waals surface area contributed by atoms with Gasteiger partial charge in [0, 0.05) is 10.8 Å². The summed E-state index contributed by atoms with van der Waals surface area (Å²) in [6, 6.07) is 70.2. The minimum absolute atomic E-state index is 0.0849. The smallest absolute Gasteiger partial charge is 0.0619 e. The topological polar surface area (TPSA) is 0 Å². The molecule has 0 N–H and O–H groups in total. The van der Waals surface area contributed by atoms with Crippen LogP contribution >= 0.6 is 0 Å². The van der Waals surface area contributed by atoms with Crippen LogP contribution < -0.4 is 0 Å². The molecule has 0 atom stereocenters. The lowest BCUT2D eigenvalue weighted by molar-refractivity contribution is 0.660. The van der Waals surface area contributed by atoms with Gasteiger partial charge >= 0.3 is 0 Å². The van der Waals surface area contributed by atoms with Gasteiger partial charge in [0.1, 0.15) is 0 Å². The third-order valence-corrected chi connectivity index (χ3v) is 15.7. The fraction of sp³-hybridized carbons (Fsp3) is 0.169. The molecule has 0 radical (unpaired) electrons. The van der Waals surface area contributed by atoms with Crippen molar-refractivity contribution in [2.24, 2.45) is 0 Å². The molecule has 65 heavy (non-hydrogen) atoms. The zero-order valence-electron chi connectivity index (χ0n) is 38.8. The van der Waals surface area contributed by atoms with Crippen molar-refractivity contribution in [2.75, 3.05) is 0 Å². The molecule has 0 spiro atoms. The predicted octanol–water partition coefficient (Wildman–Crippen LogP) is 16.9. The fourth-order valence-corrected chi connectivity index (χ4v) is 12.9. The maximum atomic E-state index is 2.53. The Hall–Kier alpha value is -7.02. The Bertz CT molecular complexity index is 3300. The Kier molecular flexibility index (Phi) is 8.51. The van der Waals surface area contributed by atoms with Gasteiger partial charge in [0.05, 0.1) is 5.41 Å². The van der Waals surface area contributed by atoms with Gasteiger partial charge in [-0.2, -0.15) is 0 Å². The van der Waals surface area contributed by atoms with E-state index in [1.165, 1.54) is 134 Å². The molecule has 0 saturated heterocycles. The van der Waals surface area contributed by atoms with Crippen LogP contribution in [0, 0.1) is 27.7 Å². The molecule has 9 aromatic carbocycles. The molecule has 12 rings (SSSR count). The molecular weight excluding hydrogens is 781 g/mol. The normalized spacial score (nSPS) is 15.1. The first-order valence-electron chi connectivity index (χ1n) is 23.4. The van der Waals surface area contributed by atoms with Gasteiger partial charge in [0.25, 0.3) is 0 Å². The van der Waals surface area contributed by atoms with E-state index in [2.05, 4.69) is 237 Å². The van der Waals surface area contributed by atoms with E-state index in [-0.39, 0.29) is 10.8 Å². The van der Waals surface area contributed by atoms with Crippen LogP contribution in [0.4, 0.5) is 0 Å². The Morgan fingerprint density at radius 3 is 1.25 bits per heavy atom. The van der Waals surface area contributed by atoms with Crippen molar-refractivity contribution in [1.29, 1.82) is 0 Å². The maximum absolute atomic E-state index is 2.53. The molecule has 3 aliphatic rings. The van der Waals surface area contributed by atoms with Gasteiger partial charge in [-0.05, 0) is 162 Å². The lowest BCUT2D eigenvalue weighted by atomic mass is 9.66. The summed E-state index contributed by atoms with van der Waals surface area (Å²) in [6.45, 7) is 18.6. The van der Waals surface area contributed by atoms with E-state index in [1.54, 1.807) is 0 Å². The number of fused-ring (bicyclic) bond motifs is 9. The van der Waals surface area contributed by atoms with Crippen molar-refractivity contribution >= 4 is 0 Å². The number of hydrogen-bond donors (Lipinski definition) is 0. The molecule has 0 bridgehead atoms. The van der Waals surface area contributed by atoms with Crippen molar-refractivity contribution in [3.8, 4) is 66.8 Å². The van der Waals surface area contributed by atoms with Gasteiger partial charge in [-0.15, -0.1) is 0 Å². The van der Waals surface area contributed by atoms with Crippen LogP contribution in [0.25, 0.3) is 66.8 Å². The molecule has 0 saturated carbocycles. The first-order chi connectivity index (χ1) is 31.4. The summed E-state index contributed by atoms with van der Waals surface area (Å²) in [5.41, 5.74) is 30.9. The molecule has 0 amide bonds. The second kappa shape index (κ2) is 14.0. The number of hydrogen-bond acceptors (Lipinski definition) is 0. The Balaban J connectivity index is 1.17. The Morgan fingerprint density at radius 2 is 0.708 bits per heavy atom. The minimum atomic E-state index is -0.628. The van der Waals surface area contributed by atoms with Crippen LogP contribution in [0.3, 0.4) is 0 Å². The molecule has 0 aliphatic heterocycles. The van der Waals surface area contributed by atoms with E-state index in [9.17, 15) is 0 Å². The van der Waals surface area contributed by atoms with E-state index >= 15 is 0 Å². The molecule has 0 unspecified atom stereocenters. The standard InChI is InChI=1S/C65H54/c1-39-32-33-55-52(36-39)62-51(59-41(3)34-40(2)35-42(59)4)26-17-31-58(62)65(55,45-20-13-18-43(37-45)47-24-15-29-56-60(47)49-22-9-11-27-53(49)63(56,5)6)46-21-14-19-44(38-46)48-25-16-30-57-61(48)50-23-10-12-28-54(50)64(57,7)8/h9-38H,1-8H3. The SMILES string of the molecule is Cc1cc(C)c(-c2cccc3c2-c2cc(C)ccc2C3(c2cccc(-c3cccc4c3-c3ccccc3C4(C)C)c2)c2cccc(-c3cccc4c3-c3ccccc3C4(C)C)c2)c(C)c1. The van der Waals surface area contributed by atoms with Gasteiger partial charge in [-0.25, -0.2) is 0 Å². The molecule has 0 nitrogen and oxygen atoms in total. The second-order valence-electron chi connectivity index (χ2n) is 20.3. The average Bonchev–Trinajstić information content (AvgIpc) is 3.84. The quantitative estimate of drug-likeness (QED) is 0.162. The highest BCUT2D eigenvalue weighted by Crippen LogP contribution is 2.61. The molecule has 0 fully saturated rings. The van der Waals surface area contributed by atoms with E-state index in [4.69, 9.17) is 0 Å². The fourth-order valence-electron chi connectivity index (χ4n) is 12.9. The van der Waals surface area contributed by atoms with Crippen molar-refractivity contribution in [3.63, 3.8) is 0 Å². The van der Waals surface area contributed by atoms with Crippen molar-refractivity contribution in [1.82, 2.24) is 0 Å². The largest absolute Gasteiger partial charge is 0.0714 e. The molecule has 314 valence electrons. The van der Waals surface area contributed by atoms with Crippen LogP contribution in [-0.2, 0) is 16.2 Å². The third kappa shape index (κ3) is 5.44. The summed E-state index contributed by atoms with van der Waals surface area (Å²) in [5.74, 6) is 0. The first kappa shape index (κ1) is 39.6. The molecule has 3 aliphatic carbocycles. The summed E-state index contributed by atoms with van der Waals surface area (Å²) >= 11 is 0. The minimum Gasteiger partial charge on any atom is -0.0619 e. The van der Waals surface area contributed by atoms with Gasteiger partial charge in [0.15, 0.2) is 0 Å². The summed E-state index contributed by atoms with van der Waals surface area (Å²) in [6.07, 6.45) is 0. The lowest BCUT2D eigenvalue weighted by Gasteiger charge is -2.35. The zero-order valence-corrected chi connectivity index (χ0v) is 38.8. The molecule has 0 aromatic heterocycles. The van der Waals surface area contributed by atoms with Crippen LogP contribution in [0.2, 0.25) is 0 Å².